The van der Waals surface area contributed by atoms with Gasteiger partial charge in [-0.05, 0) is 49.6 Å². The Bertz CT molecular complexity index is 1110. The van der Waals surface area contributed by atoms with Crippen molar-refractivity contribution in [2.45, 2.75) is 56.9 Å². The van der Waals surface area contributed by atoms with Gasteiger partial charge in [-0.15, -0.1) is 0 Å². The lowest BCUT2D eigenvalue weighted by Crippen LogP contribution is -2.53. The molecule has 0 saturated heterocycles. The molecule has 2 heterocycles. The molecular weight excluding hydrogens is 485 g/mol. The van der Waals surface area contributed by atoms with Crippen molar-refractivity contribution in [3.63, 3.8) is 0 Å². The maximum absolute atomic E-state index is 13.4. The molecule has 0 bridgehead atoms. The van der Waals surface area contributed by atoms with Crippen LogP contribution in [-0.4, -0.2) is 90.6 Å². The van der Waals surface area contributed by atoms with Gasteiger partial charge in [0.2, 0.25) is 0 Å². The molecule has 2 aliphatic heterocycles. The molecule has 38 heavy (non-hydrogen) atoms. The molecule has 0 radical (unpaired) electrons. The van der Waals surface area contributed by atoms with Crippen LogP contribution in [0.5, 0.6) is 11.5 Å². The van der Waals surface area contributed by atoms with Gasteiger partial charge < -0.3 is 19.5 Å². The molecule has 5 rings (SSSR count). The van der Waals surface area contributed by atoms with Crippen LogP contribution in [0.2, 0.25) is 0 Å². The fourth-order valence-electron chi connectivity index (χ4n) is 6.11. The Morgan fingerprint density at radius 3 is 2.68 bits per heavy atom. The normalized spacial score (nSPS) is 20.3. The third-order valence-electron chi connectivity index (χ3n) is 8.26. The summed E-state index contributed by atoms with van der Waals surface area (Å²) in [4.78, 5) is 19.3. The van der Waals surface area contributed by atoms with E-state index in [1.54, 1.807) is 17.0 Å². The Labute approximate surface area is 225 Å². The number of aliphatic hydroxyl groups excluding tert-OH is 1. The van der Waals surface area contributed by atoms with Crippen molar-refractivity contribution in [1.82, 2.24) is 14.7 Å². The lowest BCUT2D eigenvalue weighted by Gasteiger charge is -2.44. The van der Waals surface area contributed by atoms with Crippen molar-refractivity contribution in [3.8, 4) is 11.5 Å². The third-order valence-corrected chi connectivity index (χ3v) is 8.26. The second-order valence-corrected chi connectivity index (χ2v) is 10.9. The summed E-state index contributed by atoms with van der Waals surface area (Å²) in [5.74, 6) is 0.980. The quantitative estimate of drug-likeness (QED) is 0.502. The van der Waals surface area contributed by atoms with Crippen molar-refractivity contribution in [3.05, 3.63) is 59.2 Å². The first-order chi connectivity index (χ1) is 18.5. The Hall–Kier alpha value is -2.68. The highest BCUT2D eigenvalue weighted by atomic mass is 19.1. The zero-order valence-corrected chi connectivity index (χ0v) is 22.4. The van der Waals surface area contributed by atoms with Gasteiger partial charge in [-0.2, -0.15) is 0 Å². The topological polar surface area (TPSA) is 65.5 Å². The van der Waals surface area contributed by atoms with Gasteiger partial charge in [0, 0.05) is 51.6 Å². The summed E-state index contributed by atoms with van der Waals surface area (Å²) in [6, 6.07) is 13.8. The zero-order valence-electron chi connectivity index (χ0n) is 22.4. The van der Waals surface area contributed by atoms with E-state index in [4.69, 9.17) is 9.47 Å². The molecule has 1 N–H and O–H groups in total. The fraction of sp³-hybridized carbons (Fsp3) is 0.567. The van der Waals surface area contributed by atoms with Gasteiger partial charge in [-0.25, -0.2) is 4.39 Å². The summed E-state index contributed by atoms with van der Waals surface area (Å²) >= 11 is 0. The van der Waals surface area contributed by atoms with Crippen LogP contribution in [0.4, 0.5) is 4.39 Å². The summed E-state index contributed by atoms with van der Waals surface area (Å²) in [7, 11) is 1.92. The maximum Gasteiger partial charge on any atom is 0.257 e. The van der Waals surface area contributed by atoms with Gasteiger partial charge in [0.1, 0.15) is 24.8 Å². The second kappa shape index (κ2) is 12.0. The number of aliphatic hydroxyl groups is 1. The number of carbonyl (C=O) groups is 1. The Morgan fingerprint density at radius 2 is 1.89 bits per heavy atom. The average Bonchev–Trinajstić information content (AvgIpc) is 3.07. The van der Waals surface area contributed by atoms with Crippen molar-refractivity contribution in [1.29, 1.82) is 0 Å². The molecule has 7 nitrogen and oxygen atoms in total. The van der Waals surface area contributed by atoms with Crippen molar-refractivity contribution >= 4 is 5.91 Å². The number of fused-ring (bicyclic) bond motifs is 2. The summed E-state index contributed by atoms with van der Waals surface area (Å²) < 4.78 is 25.6. The minimum Gasteiger partial charge on any atom is -0.491 e. The van der Waals surface area contributed by atoms with E-state index in [9.17, 15) is 14.3 Å². The van der Waals surface area contributed by atoms with E-state index in [1.165, 1.54) is 11.1 Å². The van der Waals surface area contributed by atoms with Crippen LogP contribution in [0.1, 0.15) is 53.6 Å². The number of β-amino-alcohol motifs (C(OH)–C–C–N with tert-alkyl or cyclic N) is 1. The predicted octanol–water partition coefficient (Wildman–Crippen LogP) is 3.88. The monoisotopic (exact) mass is 525 g/mol. The van der Waals surface area contributed by atoms with Crippen LogP contribution in [0.3, 0.4) is 0 Å². The smallest absolute Gasteiger partial charge is 0.257 e. The van der Waals surface area contributed by atoms with Gasteiger partial charge in [0.15, 0.2) is 5.72 Å². The molecular formula is C30H40FN3O4. The third kappa shape index (κ3) is 5.98. The number of rotatable bonds is 9. The number of hydrogen-bond acceptors (Lipinski definition) is 6. The molecule has 0 spiro atoms. The van der Waals surface area contributed by atoms with Gasteiger partial charge in [0.25, 0.3) is 5.91 Å². The van der Waals surface area contributed by atoms with Gasteiger partial charge >= 0.3 is 0 Å². The predicted molar refractivity (Wildman–Crippen MR) is 144 cm³/mol. The first-order valence-electron chi connectivity index (χ1n) is 14.0. The molecule has 3 aliphatic rings. The van der Waals surface area contributed by atoms with E-state index in [2.05, 4.69) is 29.2 Å². The Balaban J connectivity index is 1.23. The molecule has 1 amide bonds. The van der Waals surface area contributed by atoms with Crippen molar-refractivity contribution < 1.29 is 23.8 Å². The van der Waals surface area contributed by atoms with E-state index >= 15 is 0 Å². The van der Waals surface area contributed by atoms with E-state index in [-0.39, 0.29) is 12.5 Å². The zero-order chi connectivity index (χ0) is 26.5. The van der Waals surface area contributed by atoms with Crippen LogP contribution in [0, 0.1) is 0 Å². The first kappa shape index (κ1) is 26.9. The van der Waals surface area contributed by atoms with E-state index in [1.807, 2.05) is 18.0 Å². The summed E-state index contributed by atoms with van der Waals surface area (Å²) in [5, 5.41) is 10.9. The molecule has 0 aromatic heterocycles. The van der Waals surface area contributed by atoms with Crippen LogP contribution in [0.25, 0.3) is 0 Å². The van der Waals surface area contributed by atoms with Crippen LogP contribution in [-0.2, 0) is 13.0 Å². The molecule has 1 atom stereocenters. The Kier molecular flexibility index (Phi) is 8.51. The van der Waals surface area contributed by atoms with E-state index < -0.39 is 18.5 Å². The highest BCUT2D eigenvalue weighted by molar-refractivity contribution is 5.97. The van der Waals surface area contributed by atoms with E-state index in [0.717, 1.165) is 51.6 Å². The Morgan fingerprint density at radius 1 is 1.11 bits per heavy atom. The number of nitrogens with zero attached hydrogens (tertiary/aromatic N) is 3. The highest BCUT2D eigenvalue weighted by Gasteiger charge is 2.38. The molecule has 1 fully saturated rings. The molecule has 8 heteroatoms. The minimum atomic E-state index is -0.648. The number of alkyl halides is 1. The summed E-state index contributed by atoms with van der Waals surface area (Å²) in [5.41, 5.74) is 2.62. The molecule has 206 valence electrons. The maximum atomic E-state index is 13.4. The summed E-state index contributed by atoms with van der Waals surface area (Å²) in [6.07, 6.45) is 5.25. The molecule has 1 aliphatic carbocycles. The molecule has 2 aromatic carbocycles. The lowest BCUT2D eigenvalue weighted by molar-refractivity contribution is -0.0987. The number of halogens is 1. The second-order valence-electron chi connectivity index (χ2n) is 10.9. The van der Waals surface area contributed by atoms with Crippen LogP contribution in [0.15, 0.2) is 42.5 Å². The number of hydrogen-bond donors (Lipinski definition) is 1. The molecule has 2 aromatic rings. The largest absolute Gasteiger partial charge is 0.491 e. The van der Waals surface area contributed by atoms with Crippen molar-refractivity contribution in [2.75, 3.05) is 53.1 Å². The average molecular weight is 526 g/mol. The highest BCUT2D eigenvalue weighted by Crippen LogP contribution is 2.37. The number of amides is 1. The lowest BCUT2D eigenvalue weighted by atomic mass is 9.90. The summed E-state index contributed by atoms with van der Waals surface area (Å²) in [6.45, 7) is 3.15. The van der Waals surface area contributed by atoms with Gasteiger partial charge in [0.05, 0.1) is 18.2 Å². The standard InChI is InChI=1S/C30H40FN3O4/c1-32(16-14-31)30(12-5-2-6-13-30)38-26-9-10-27-28(19-26)37-18-17-34(29(27)36)22-25(35)21-33-15-11-23-7-3-4-8-24(23)20-33/h3-4,7-10,19,25,35H,2,5-6,11-18,20-22H2,1H3/t25-/m1/s1. The number of benzene rings is 2. The molecule has 1 saturated carbocycles. The minimum absolute atomic E-state index is 0.144. The van der Waals surface area contributed by atoms with Crippen LogP contribution < -0.4 is 9.47 Å². The number of ether oxygens (including phenoxy) is 2. The van der Waals surface area contributed by atoms with Crippen LogP contribution >= 0.6 is 0 Å². The van der Waals surface area contributed by atoms with Crippen molar-refractivity contribution in [2.24, 2.45) is 0 Å². The number of carbonyl (C=O) groups excluding carboxylic acids is 1. The molecule has 0 unspecified atom stereocenters. The van der Waals surface area contributed by atoms with Gasteiger partial charge in [-0.3, -0.25) is 14.6 Å². The fourth-order valence-corrected chi connectivity index (χ4v) is 6.11. The van der Waals surface area contributed by atoms with E-state index in [0.29, 0.717) is 43.3 Å². The van der Waals surface area contributed by atoms with Gasteiger partial charge in [-0.1, -0.05) is 30.7 Å². The SMILES string of the molecule is CN(CCF)C1(Oc2ccc3c(c2)OCCN(C[C@H](O)CN2CCc4ccccc4C2)C3=O)CCCCC1. The first-order valence-corrected chi connectivity index (χ1v) is 14.0.